The van der Waals surface area contributed by atoms with Gasteiger partial charge in [-0.05, 0) is 44.1 Å². The quantitative estimate of drug-likeness (QED) is 0.109. The highest BCUT2D eigenvalue weighted by molar-refractivity contribution is 5.43. The van der Waals surface area contributed by atoms with Gasteiger partial charge in [0.25, 0.3) is 0 Å². The molecule has 16 nitrogen and oxygen atoms in total. The number of ether oxygens (including phenoxy) is 5. The van der Waals surface area contributed by atoms with Gasteiger partial charge in [-0.15, -0.1) is 6.42 Å². The molecule has 272 valence electrons. The van der Waals surface area contributed by atoms with Gasteiger partial charge in [-0.1, -0.05) is 30.2 Å². The van der Waals surface area contributed by atoms with Crippen molar-refractivity contribution in [1.29, 1.82) is 0 Å². The molecule has 0 saturated carbocycles. The van der Waals surface area contributed by atoms with Crippen LogP contribution in [0.5, 0.6) is 0 Å². The predicted molar refractivity (Wildman–Crippen MR) is 165 cm³/mol. The summed E-state index contributed by atoms with van der Waals surface area (Å²) in [6, 6.07) is 6.28. The van der Waals surface area contributed by atoms with E-state index in [2.05, 4.69) is 17.8 Å². The summed E-state index contributed by atoms with van der Waals surface area (Å²) in [5, 5.41) is 105. The van der Waals surface area contributed by atoms with E-state index in [9.17, 15) is 51.1 Å². The minimum atomic E-state index is -2.38. The molecule has 0 aliphatic carbocycles. The summed E-state index contributed by atoms with van der Waals surface area (Å²) >= 11 is 0. The lowest BCUT2D eigenvalue weighted by molar-refractivity contribution is -0.388. The van der Waals surface area contributed by atoms with E-state index in [1.807, 2.05) is 4.90 Å². The van der Waals surface area contributed by atoms with Gasteiger partial charge >= 0.3 is 0 Å². The monoisotopic (exact) mass is 695 g/mol. The van der Waals surface area contributed by atoms with Crippen LogP contribution < -0.4 is 0 Å². The topological polar surface area (TPSA) is 252 Å². The van der Waals surface area contributed by atoms with Gasteiger partial charge in [0, 0.05) is 11.1 Å². The number of hydrogen-bond acceptors (Lipinski definition) is 16. The summed E-state index contributed by atoms with van der Waals surface area (Å²) in [6.45, 7) is -1.17. The Bertz CT molecular complexity index is 1350. The molecule has 0 bridgehead atoms. The maximum atomic E-state index is 11.1. The molecule has 0 radical (unpaired) electrons. The van der Waals surface area contributed by atoms with Gasteiger partial charge in [-0.25, -0.2) is 0 Å². The molecule has 0 aromatic heterocycles. The van der Waals surface area contributed by atoms with E-state index >= 15 is 0 Å². The van der Waals surface area contributed by atoms with Gasteiger partial charge < -0.3 is 74.7 Å². The van der Waals surface area contributed by atoms with Crippen LogP contribution in [0.4, 0.5) is 0 Å². The molecule has 10 N–H and O–H groups in total. The van der Waals surface area contributed by atoms with Crippen LogP contribution in [0.2, 0.25) is 0 Å². The largest absolute Gasteiger partial charge is 0.394 e. The number of benzene rings is 1. The molecule has 4 aliphatic rings. The standard InChI is InChI=1S/C33H45NO15/c1-2-17-7-6-8-18(13-17)9-10-19(34-11-4-3-5-12-34)29-26(41)25(40)27(42)31(47-29)45-15-21-22(37)24(39)28(43)32(46-21)49-33(16-36)30(44)23(38)20(14-35)48-33/h1,6-8,13,19-32,35-44H,3-5,11-12,14-16H2/t19?,20-,21-,22-,23-,24+,25+,26-,27-,28-,29-,30+,31+,32-,33+/m1/s1. The normalized spacial score (nSPS) is 42.2. The lowest BCUT2D eigenvalue weighted by Gasteiger charge is -2.46. The second-order valence-electron chi connectivity index (χ2n) is 12.7. The van der Waals surface area contributed by atoms with Crippen LogP contribution in [0.15, 0.2) is 24.3 Å². The number of nitrogens with zero attached hydrogens (tertiary/aromatic N) is 1. The summed E-state index contributed by atoms with van der Waals surface area (Å²) in [4.78, 5) is 2.01. The van der Waals surface area contributed by atoms with Gasteiger partial charge in [-0.2, -0.15) is 0 Å². The Kier molecular flexibility index (Phi) is 12.7. The Labute approximate surface area is 283 Å². The molecular formula is C33H45NO15. The third kappa shape index (κ3) is 7.96. The second kappa shape index (κ2) is 16.4. The van der Waals surface area contributed by atoms with E-state index in [0.717, 1.165) is 19.3 Å². The smallest absolute Gasteiger partial charge is 0.224 e. The highest BCUT2D eigenvalue weighted by atomic mass is 16.8. The molecular weight excluding hydrogens is 650 g/mol. The second-order valence-corrected chi connectivity index (χ2v) is 12.7. The zero-order chi connectivity index (χ0) is 35.5. The molecule has 0 spiro atoms. The van der Waals surface area contributed by atoms with Crippen molar-refractivity contribution in [3.8, 4) is 24.2 Å². The van der Waals surface area contributed by atoms with E-state index in [-0.39, 0.29) is 0 Å². The third-order valence-electron chi connectivity index (χ3n) is 9.41. The molecule has 1 aromatic rings. The van der Waals surface area contributed by atoms with Crippen LogP contribution in [0, 0.1) is 24.2 Å². The molecule has 0 amide bonds. The molecule has 4 fully saturated rings. The molecule has 4 heterocycles. The maximum absolute atomic E-state index is 11.1. The Hall–Kier alpha value is -2.30. The number of likely N-dealkylation sites (tertiary alicyclic amines) is 1. The Balaban J connectivity index is 1.32. The van der Waals surface area contributed by atoms with Crippen molar-refractivity contribution in [2.24, 2.45) is 0 Å². The van der Waals surface area contributed by atoms with E-state index in [1.165, 1.54) is 0 Å². The minimum Gasteiger partial charge on any atom is -0.394 e. The number of aliphatic hydroxyl groups is 10. The summed E-state index contributed by atoms with van der Waals surface area (Å²) in [5.41, 5.74) is 1.25. The predicted octanol–water partition coefficient (Wildman–Crippen LogP) is -4.68. The average Bonchev–Trinajstić information content (AvgIpc) is 3.37. The highest BCUT2D eigenvalue weighted by Crippen LogP contribution is 2.36. The lowest BCUT2D eigenvalue weighted by Crippen LogP contribution is -2.65. The molecule has 5 rings (SSSR count). The van der Waals surface area contributed by atoms with Gasteiger partial charge in [0.05, 0.1) is 13.2 Å². The van der Waals surface area contributed by atoms with Gasteiger partial charge in [0.1, 0.15) is 79.8 Å². The van der Waals surface area contributed by atoms with Gasteiger partial charge in [0.2, 0.25) is 5.79 Å². The number of terminal acetylenes is 1. The first kappa shape index (κ1) is 37.9. The number of rotatable bonds is 9. The van der Waals surface area contributed by atoms with Crippen molar-refractivity contribution in [3.63, 3.8) is 0 Å². The number of aliphatic hydroxyl groups excluding tert-OH is 10. The van der Waals surface area contributed by atoms with E-state index < -0.39 is 111 Å². The molecule has 4 saturated heterocycles. The molecule has 1 unspecified atom stereocenters. The Morgan fingerprint density at radius 1 is 0.816 bits per heavy atom. The van der Waals surface area contributed by atoms with Crippen LogP contribution in [0.25, 0.3) is 0 Å². The number of piperidine rings is 1. The summed E-state index contributed by atoms with van der Waals surface area (Å²) < 4.78 is 28.3. The van der Waals surface area contributed by atoms with Crippen LogP contribution in [-0.2, 0) is 23.7 Å². The Morgan fingerprint density at radius 2 is 1.49 bits per heavy atom. The minimum absolute atomic E-state index is 0.622. The van der Waals surface area contributed by atoms with Crippen LogP contribution >= 0.6 is 0 Å². The lowest BCUT2D eigenvalue weighted by atomic mass is 9.92. The van der Waals surface area contributed by atoms with Crippen molar-refractivity contribution >= 4 is 0 Å². The van der Waals surface area contributed by atoms with E-state index in [1.54, 1.807) is 24.3 Å². The fourth-order valence-electron chi connectivity index (χ4n) is 6.50. The molecule has 49 heavy (non-hydrogen) atoms. The zero-order valence-electron chi connectivity index (χ0n) is 26.6. The highest BCUT2D eigenvalue weighted by Gasteiger charge is 2.58. The first-order valence-electron chi connectivity index (χ1n) is 16.2. The van der Waals surface area contributed by atoms with Gasteiger partial charge in [-0.3, -0.25) is 4.90 Å². The average molecular weight is 696 g/mol. The van der Waals surface area contributed by atoms with Crippen LogP contribution in [0.1, 0.15) is 30.4 Å². The summed E-state index contributed by atoms with van der Waals surface area (Å²) in [6.07, 6.45) is -13.5. The Morgan fingerprint density at radius 3 is 2.14 bits per heavy atom. The van der Waals surface area contributed by atoms with Crippen molar-refractivity contribution in [1.82, 2.24) is 4.90 Å². The van der Waals surface area contributed by atoms with Crippen LogP contribution in [-0.4, -0.2) is 180 Å². The molecule has 1 aromatic carbocycles. The van der Waals surface area contributed by atoms with E-state index in [0.29, 0.717) is 24.2 Å². The zero-order valence-corrected chi connectivity index (χ0v) is 26.6. The SMILES string of the molecule is C#Cc1cccc(C#CC([C@H]2O[C@H](OC[C@H]3O[C@H](O[C@]4(CO)O[C@H](CO)[C@@H](O)[C@@H]4O)[C@H](O)[C@@H](O)[C@@H]3O)[C@H](O)[C@@H](O)[C@H]2O)N2CCCCC2)c1. The molecule has 16 heteroatoms. The summed E-state index contributed by atoms with van der Waals surface area (Å²) in [5.74, 6) is 6.39. The van der Waals surface area contributed by atoms with Crippen molar-refractivity contribution < 1.29 is 74.7 Å². The van der Waals surface area contributed by atoms with Crippen molar-refractivity contribution in [3.05, 3.63) is 35.4 Å². The number of hydrogen-bond donors (Lipinski definition) is 10. The first-order chi connectivity index (χ1) is 23.4. The van der Waals surface area contributed by atoms with Crippen molar-refractivity contribution in [2.45, 2.75) is 111 Å². The third-order valence-corrected chi connectivity index (χ3v) is 9.41. The van der Waals surface area contributed by atoms with Crippen LogP contribution in [0.3, 0.4) is 0 Å². The molecule has 4 aliphatic heterocycles. The fourth-order valence-corrected chi connectivity index (χ4v) is 6.50. The first-order valence-corrected chi connectivity index (χ1v) is 16.2. The maximum Gasteiger partial charge on any atom is 0.224 e. The fraction of sp³-hybridized carbons (Fsp3) is 0.697. The van der Waals surface area contributed by atoms with Gasteiger partial charge in [0.15, 0.2) is 12.6 Å². The van der Waals surface area contributed by atoms with E-state index in [4.69, 9.17) is 30.1 Å². The summed E-state index contributed by atoms with van der Waals surface area (Å²) in [7, 11) is 0. The molecule has 15 atom stereocenters. The van der Waals surface area contributed by atoms with Crippen molar-refractivity contribution in [2.75, 3.05) is 32.9 Å².